The number of likely N-dealkylation sites (tertiary alicyclic amines) is 1. The van der Waals surface area contributed by atoms with Crippen LogP contribution in [0.3, 0.4) is 0 Å². The van der Waals surface area contributed by atoms with E-state index in [0.717, 1.165) is 32.2 Å². The number of aromatic nitrogens is 2. The highest BCUT2D eigenvalue weighted by molar-refractivity contribution is 5.75. The summed E-state index contributed by atoms with van der Waals surface area (Å²) in [5.74, 6) is 0.307. The molecule has 2 amide bonds. The summed E-state index contributed by atoms with van der Waals surface area (Å²) in [6.07, 6.45) is 6.07. The zero-order chi connectivity index (χ0) is 22.8. The van der Waals surface area contributed by atoms with Crippen molar-refractivity contribution < 1.29 is 14.0 Å². The molecule has 3 aromatic rings. The van der Waals surface area contributed by atoms with Crippen LogP contribution in [0.1, 0.15) is 50.0 Å². The normalized spacial score (nSPS) is 15.1. The minimum Gasteiger partial charge on any atom is -0.349 e. The number of hydrogen-bond acceptors (Lipinski definition) is 3. The Bertz CT molecular complexity index is 1010. The standard InChI is InChI=1S/C14H16FN3O.C11H13NO/c1-2-5-14(19)17-9-13-16-8-12(18-13)10-6-3-4-7-11(10)15;13-9-12-8-4-7-11(12)10-5-2-1-3-6-10/h3-4,6-8H,2,5,9H2,1H3,(H,16,18)(H,17,19);1-3,5-6,9,11H,4,7-8H2. The van der Waals surface area contributed by atoms with Crippen LogP contribution >= 0.6 is 0 Å². The van der Waals surface area contributed by atoms with Crippen molar-refractivity contribution >= 4 is 12.3 Å². The fraction of sp³-hybridized carbons (Fsp3) is 0.320. The maximum atomic E-state index is 13.6. The third-order valence-electron chi connectivity index (χ3n) is 5.34. The molecule has 168 valence electrons. The van der Waals surface area contributed by atoms with E-state index in [9.17, 15) is 14.0 Å². The number of rotatable bonds is 7. The van der Waals surface area contributed by atoms with E-state index in [1.54, 1.807) is 24.4 Å². The van der Waals surface area contributed by atoms with Crippen molar-refractivity contribution in [2.75, 3.05) is 6.54 Å². The molecule has 1 atom stereocenters. The molecular weight excluding hydrogens is 407 g/mol. The van der Waals surface area contributed by atoms with E-state index in [0.29, 0.717) is 36.1 Å². The van der Waals surface area contributed by atoms with Crippen LogP contribution < -0.4 is 5.32 Å². The van der Waals surface area contributed by atoms with E-state index in [2.05, 4.69) is 27.4 Å². The highest BCUT2D eigenvalue weighted by Gasteiger charge is 2.23. The second kappa shape index (κ2) is 11.8. The summed E-state index contributed by atoms with van der Waals surface area (Å²) in [6.45, 7) is 3.18. The van der Waals surface area contributed by atoms with Gasteiger partial charge in [0.15, 0.2) is 0 Å². The lowest BCUT2D eigenvalue weighted by Gasteiger charge is -2.19. The molecular formula is C25H29FN4O2. The molecule has 0 aliphatic carbocycles. The number of nitrogens with one attached hydrogen (secondary N) is 2. The lowest BCUT2D eigenvalue weighted by Crippen LogP contribution is -2.22. The van der Waals surface area contributed by atoms with Gasteiger partial charge in [-0.1, -0.05) is 49.4 Å². The SMILES string of the molecule is CCCC(=O)NCc1ncc(-c2ccccc2F)[nH]1.O=CN1CCCC1c1ccccc1. The zero-order valence-corrected chi connectivity index (χ0v) is 18.3. The number of nitrogens with zero attached hydrogens (tertiary/aromatic N) is 2. The first-order valence-electron chi connectivity index (χ1n) is 10.9. The molecule has 1 saturated heterocycles. The number of amides is 2. The topological polar surface area (TPSA) is 78.1 Å². The third kappa shape index (κ3) is 6.26. The van der Waals surface area contributed by atoms with Gasteiger partial charge in [-0.05, 0) is 37.0 Å². The Kier molecular flexibility index (Phi) is 8.54. The number of imidazole rings is 1. The molecule has 4 rings (SSSR count). The molecule has 2 N–H and O–H groups in total. The molecule has 0 bridgehead atoms. The molecule has 1 aliphatic heterocycles. The van der Waals surface area contributed by atoms with Gasteiger partial charge in [0.2, 0.25) is 12.3 Å². The van der Waals surface area contributed by atoms with Crippen molar-refractivity contribution in [3.63, 3.8) is 0 Å². The van der Waals surface area contributed by atoms with Crippen LogP contribution in [-0.2, 0) is 16.1 Å². The lowest BCUT2D eigenvalue weighted by molar-refractivity contribution is -0.121. The fourth-order valence-corrected chi connectivity index (χ4v) is 3.71. The second-order valence-corrected chi connectivity index (χ2v) is 7.66. The fourth-order valence-electron chi connectivity index (χ4n) is 3.71. The van der Waals surface area contributed by atoms with Gasteiger partial charge in [0.05, 0.1) is 24.5 Å². The quantitative estimate of drug-likeness (QED) is 0.531. The van der Waals surface area contributed by atoms with Crippen molar-refractivity contribution in [1.82, 2.24) is 20.2 Å². The van der Waals surface area contributed by atoms with E-state index in [1.807, 2.05) is 30.0 Å². The van der Waals surface area contributed by atoms with Crippen molar-refractivity contribution in [3.8, 4) is 11.3 Å². The van der Waals surface area contributed by atoms with Crippen molar-refractivity contribution in [3.05, 3.63) is 78.0 Å². The number of carbonyl (C=O) groups excluding carboxylic acids is 2. The average molecular weight is 437 g/mol. The third-order valence-corrected chi connectivity index (χ3v) is 5.34. The largest absolute Gasteiger partial charge is 0.349 e. The first-order chi connectivity index (χ1) is 15.6. The molecule has 0 radical (unpaired) electrons. The van der Waals surface area contributed by atoms with Crippen LogP contribution in [0.2, 0.25) is 0 Å². The predicted molar refractivity (Wildman–Crippen MR) is 122 cm³/mol. The van der Waals surface area contributed by atoms with Crippen LogP contribution in [0.5, 0.6) is 0 Å². The van der Waals surface area contributed by atoms with Crippen LogP contribution in [0.15, 0.2) is 60.8 Å². The minimum atomic E-state index is -0.298. The number of benzene rings is 2. The van der Waals surface area contributed by atoms with Crippen molar-refractivity contribution in [2.45, 2.75) is 45.2 Å². The van der Waals surface area contributed by atoms with E-state index >= 15 is 0 Å². The zero-order valence-electron chi connectivity index (χ0n) is 18.3. The number of H-pyrrole nitrogens is 1. The first-order valence-corrected chi connectivity index (χ1v) is 10.9. The molecule has 1 aromatic heterocycles. The summed E-state index contributed by atoms with van der Waals surface area (Å²) in [7, 11) is 0. The Morgan fingerprint density at radius 2 is 1.97 bits per heavy atom. The first kappa shape index (κ1) is 23.2. The minimum absolute atomic E-state index is 0.00802. The average Bonchev–Trinajstić information content (AvgIpc) is 3.49. The number of hydrogen-bond donors (Lipinski definition) is 2. The molecule has 7 heteroatoms. The molecule has 1 unspecified atom stereocenters. The molecule has 2 aromatic carbocycles. The molecule has 0 saturated carbocycles. The Morgan fingerprint density at radius 1 is 1.22 bits per heavy atom. The summed E-state index contributed by atoms with van der Waals surface area (Å²) in [6, 6.07) is 17.0. The van der Waals surface area contributed by atoms with E-state index < -0.39 is 0 Å². The number of halogens is 1. The van der Waals surface area contributed by atoms with Crippen LogP contribution in [-0.4, -0.2) is 33.7 Å². The monoisotopic (exact) mass is 436 g/mol. The van der Waals surface area contributed by atoms with E-state index in [4.69, 9.17) is 0 Å². The summed E-state index contributed by atoms with van der Waals surface area (Å²) in [5.41, 5.74) is 2.34. The van der Waals surface area contributed by atoms with Crippen molar-refractivity contribution in [2.24, 2.45) is 0 Å². The highest BCUT2D eigenvalue weighted by atomic mass is 19.1. The highest BCUT2D eigenvalue weighted by Crippen LogP contribution is 2.29. The predicted octanol–water partition coefficient (Wildman–Crippen LogP) is 4.61. The molecule has 1 fully saturated rings. The van der Waals surface area contributed by atoms with Gasteiger partial charge in [-0.2, -0.15) is 0 Å². The van der Waals surface area contributed by atoms with Gasteiger partial charge in [0, 0.05) is 18.5 Å². The summed E-state index contributed by atoms with van der Waals surface area (Å²) in [5, 5.41) is 2.75. The Hall–Kier alpha value is -3.48. The van der Waals surface area contributed by atoms with E-state index in [-0.39, 0.29) is 11.7 Å². The van der Waals surface area contributed by atoms with Gasteiger partial charge in [0.25, 0.3) is 0 Å². The van der Waals surface area contributed by atoms with Crippen molar-refractivity contribution in [1.29, 1.82) is 0 Å². The Morgan fingerprint density at radius 3 is 2.69 bits per heavy atom. The Labute approximate surface area is 187 Å². The molecule has 32 heavy (non-hydrogen) atoms. The second-order valence-electron chi connectivity index (χ2n) is 7.66. The van der Waals surface area contributed by atoms with Gasteiger partial charge < -0.3 is 15.2 Å². The van der Waals surface area contributed by atoms with Gasteiger partial charge in [-0.3, -0.25) is 9.59 Å². The van der Waals surface area contributed by atoms with E-state index in [1.165, 1.54) is 11.6 Å². The lowest BCUT2D eigenvalue weighted by atomic mass is 10.1. The molecule has 0 spiro atoms. The Balaban J connectivity index is 0.000000193. The van der Waals surface area contributed by atoms with Crippen LogP contribution in [0.25, 0.3) is 11.3 Å². The number of carbonyl (C=O) groups is 2. The number of aromatic amines is 1. The molecule has 2 heterocycles. The van der Waals surface area contributed by atoms with Gasteiger partial charge in [-0.15, -0.1) is 0 Å². The molecule has 1 aliphatic rings. The van der Waals surface area contributed by atoms with Crippen LogP contribution in [0, 0.1) is 5.82 Å². The smallest absolute Gasteiger partial charge is 0.220 e. The van der Waals surface area contributed by atoms with Crippen LogP contribution in [0.4, 0.5) is 4.39 Å². The molecule has 6 nitrogen and oxygen atoms in total. The maximum Gasteiger partial charge on any atom is 0.220 e. The van der Waals surface area contributed by atoms with Gasteiger partial charge >= 0.3 is 0 Å². The maximum absolute atomic E-state index is 13.6. The summed E-state index contributed by atoms with van der Waals surface area (Å²) >= 11 is 0. The van der Waals surface area contributed by atoms with Gasteiger partial charge in [0.1, 0.15) is 11.6 Å². The van der Waals surface area contributed by atoms with Gasteiger partial charge in [-0.25, -0.2) is 9.37 Å². The summed E-state index contributed by atoms with van der Waals surface area (Å²) < 4.78 is 13.6. The summed E-state index contributed by atoms with van der Waals surface area (Å²) in [4.78, 5) is 31.1.